The van der Waals surface area contributed by atoms with Crippen LogP contribution < -0.4 is 5.69 Å². The predicted molar refractivity (Wildman–Crippen MR) is 93.2 cm³/mol. The lowest BCUT2D eigenvalue weighted by Gasteiger charge is -2.13. The van der Waals surface area contributed by atoms with Gasteiger partial charge in [-0.2, -0.15) is 4.98 Å². The first-order valence-corrected chi connectivity index (χ1v) is 7.84. The Bertz CT molecular complexity index is 866. The minimum absolute atomic E-state index is 0.213. The van der Waals surface area contributed by atoms with Crippen LogP contribution >= 0.6 is 0 Å². The van der Waals surface area contributed by atoms with Gasteiger partial charge in [-0.05, 0) is 50.5 Å². The monoisotopic (exact) mass is 304 g/mol. The van der Waals surface area contributed by atoms with E-state index in [1.807, 2.05) is 43.3 Å². The molecule has 1 aromatic heterocycles. The average molecular weight is 304 g/mol. The van der Waals surface area contributed by atoms with E-state index in [9.17, 15) is 4.79 Å². The zero-order valence-electron chi connectivity index (χ0n) is 13.5. The van der Waals surface area contributed by atoms with Gasteiger partial charge in [-0.25, -0.2) is 4.79 Å². The van der Waals surface area contributed by atoms with E-state index in [2.05, 4.69) is 36.2 Å². The molecular weight excluding hydrogens is 284 g/mol. The van der Waals surface area contributed by atoms with Crippen molar-refractivity contribution in [3.8, 4) is 5.69 Å². The Balaban J connectivity index is 1.97. The summed E-state index contributed by atoms with van der Waals surface area (Å²) in [4.78, 5) is 16.5. The summed E-state index contributed by atoms with van der Waals surface area (Å²) in [5.74, 6) is 0. The summed E-state index contributed by atoms with van der Waals surface area (Å²) in [6.07, 6.45) is 1.70. The lowest BCUT2D eigenvalue weighted by atomic mass is 10.1. The van der Waals surface area contributed by atoms with Crippen LogP contribution in [0.15, 0.2) is 65.5 Å². The molecule has 0 bridgehead atoms. The van der Waals surface area contributed by atoms with Gasteiger partial charge in [0, 0.05) is 11.4 Å². The minimum atomic E-state index is -0.213. The quantitative estimate of drug-likeness (QED) is 0.737. The van der Waals surface area contributed by atoms with E-state index in [-0.39, 0.29) is 5.69 Å². The van der Waals surface area contributed by atoms with Crippen molar-refractivity contribution < 1.29 is 0 Å². The fourth-order valence-corrected chi connectivity index (χ4v) is 2.84. The van der Waals surface area contributed by atoms with Crippen LogP contribution in [0.3, 0.4) is 0 Å². The van der Waals surface area contributed by atoms with Gasteiger partial charge in [0.05, 0.1) is 5.69 Å². The zero-order chi connectivity index (χ0) is 16.2. The molecule has 0 radical (unpaired) electrons. The van der Waals surface area contributed by atoms with Crippen LogP contribution in [-0.4, -0.2) is 9.55 Å². The maximum atomic E-state index is 12.4. The predicted octanol–water partition coefficient (Wildman–Crippen LogP) is 3.63. The third kappa shape index (κ3) is 3.57. The minimum Gasteiger partial charge on any atom is -0.265 e. The number of hydrogen-bond donors (Lipinski definition) is 0. The van der Waals surface area contributed by atoms with Gasteiger partial charge in [0.1, 0.15) is 0 Å². The highest BCUT2D eigenvalue weighted by atomic mass is 16.1. The molecule has 2 aromatic carbocycles. The summed E-state index contributed by atoms with van der Waals surface area (Å²) in [5.41, 5.74) is 4.96. The van der Waals surface area contributed by atoms with Gasteiger partial charge in [-0.15, -0.1) is 0 Å². The van der Waals surface area contributed by atoms with Crippen molar-refractivity contribution in [3.05, 3.63) is 93.7 Å². The van der Waals surface area contributed by atoms with E-state index in [4.69, 9.17) is 0 Å². The lowest BCUT2D eigenvalue weighted by molar-refractivity contribution is 0.786. The third-order valence-electron chi connectivity index (χ3n) is 3.89. The van der Waals surface area contributed by atoms with Gasteiger partial charge >= 0.3 is 5.69 Å². The normalized spacial score (nSPS) is 10.7. The molecule has 23 heavy (non-hydrogen) atoms. The van der Waals surface area contributed by atoms with Gasteiger partial charge in [-0.3, -0.25) is 4.57 Å². The highest BCUT2D eigenvalue weighted by molar-refractivity contribution is 5.34. The smallest absolute Gasteiger partial charge is 0.265 e. The van der Waals surface area contributed by atoms with Crippen LogP contribution in [-0.2, 0) is 12.8 Å². The van der Waals surface area contributed by atoms with Crippen LogP contribution in [0.2, 0.25) is 0 Å². The van der Waals surface area contributed by atoms with E-state index in [1.165, 1.54) is 11.1 Å². The summed E-state index contributed by atoms with van der Waals surface area (Å²) >= 11 is 0. The Hall–Kier alpha value is -2.68. The molecule has 116 valence electrons. The maximum Gasteiger partial charge on any atom is 0.352 e. The van der Waals surface area contributed by atoms with Gasteiger partial charge in [-0.1, -0.05) is 48.0 Å². The first kappa shape index (κ1) is 15.2. The largest absolute Gasteiger partial charge is 0.352 e. The SMILES string of the molecule is Cc1cccc(CCc2cc(C)nc(=O)n2-c2ccccc2)c1. The number of nitrogens with zero attached hydrogens (tertiary/aromatic N) is 2. The van der Waals surface area contributed by atoms with E-state index < -0.39 is 0 Å². The van der Waals surface area contributed by atoms with Crippen LogP contribution in [0.5, 0.6) is 0 Å². The van der Waals surface area contributed by atoms with Crippen molar-refractivity contribution in [3.63, 3.8) is 0 Å². The summed E-state index contributed by atoms with van der Waals surface area (Å²) in [6.45, 7) is 3.97. The molecule has 0 aliphatic carbocycles. The van der Waals surface area contributed by atoms with E-state index in [0.29, 0.717) is 0 Å². The number of benzene rings is 2. The molecule has 0 N–H and O–H groups in total. The number of aryl methyl sites for hydroxylation is 4. The van der Waals surface area contributed by atoms with E-state index in [1.54, 1.807) is 4.57 Å². The van der Waals surface area contributed by atoms with Crippen LogP contribution in [0, 0.1) is 13.8 Å². The molecule has 3 rings (SSSR count). The fraction of sp³-hybridized carbons (Fsp3) is 0.200. The molecule has 0 saturated heterocycles. The second-order valence-corrected chi connectivity index (χ2v) is 5.83. The van der Waals surface area contributed by atoms with Crippen molar-refractivity contribution in [1.29, 1.82) is 0 Å². The van der Waals surface area contributed by atoms with Gasteiger partial charge < -0.3 is 0 Å². The number of hydrogen-bond acceptors (Lipinski definition) is 2. The van der Waals surface area contributed by atoms with E-state index >= 15 is 0 Å². The van der Waals surface area contributed by atoms with Crippen molar-refractivity contribution in [2.24, 2.45) is 0 Å². The summed E-state index contributed by atoms with van der Waals surface area (Å²) in [6, 6.07) is 20.2. The summed E-state index contributed by atoms with van der Waals surface area (Å²) < 4.78 is 1.71. The molecule has 0 spiro atoms. The second-order valence-electron chi connectivity index (χ2n) is 5.83. The highest BCUT2D eigenvalue weighted by Crippen LogP contribution is 2.13. The Labute approximate surface area is 136 Å². The lowest BCUT2D eigenvalue weighted by Crippen LogP contribution is -2.25. The molecule has 0 aliphatic rings. The molecule has 0 atom stereocenters. The Kier molecular flexibility index (Phi) is 4.38. The zero-order valence-corrected chi connectivity index (χ0v) is 13.5. The Morgan fingerprint density at radius 1 is 0.913 bits per heavy atom. The first-order chi connectivity index (χ1) is 11.1. The molecule has 3 aromatic rings. The van der Waals surface area contributed by atoms with Crippen molar-refractivity contribution in [2.45, 2.75) is 26.7 Å². The van der Waals surface area contributed by atoms with E-state index in [0.717, 1.165) is 29.9 Å². The molecular formula is C20H20N2O. The van der Waals surface area contributed by atoms with Gasteiger partial charge in [0.15, 0.2) is 0 Å². The molecule has 0 saturated carbocycles. The fourth-order valence-electron chi connectivity index (χ4n) is 2.84. The van der Waals surface area contributed by atoms with Crippen molar-refractivity contribution in [1.82, 2.24) is 9.55 Å². The van der Waals surface area contributed by atoms with Gasteiger partial charge in [0.25, 0.3) is 0 Å². The van der Waals surface area contributed by atoms with Crippen molar-refractivity contribution in [2.75, 3.05) is 0 Å². The van der Waals surface area contributed by atoms with Crippen LogP contribution in [0.1, 0.15) is 22.5 Å². The summed E-state index contributed by atoms with van der Waals surface area (Å²) in [5, 5.41) is 0. The molecule has 0 unspecified atom stereocenters. The van der Waals surface area contributed by atoms with Gasteiger partial charge in [0.2, 0.25) is 0 Å². The molecule has 0 amide bonds. The average Bonchev–Trinajstić information content (AvgIpc) is 2.53. The molecule has 1 heterocycles. The second kappa shape index (κ2) is 6.61. The highest BCUT2D eigenvalue weighted by Gasteiger charge is 2.09. The topological polar surface area (TPSA) is 34.9 Å². The van der Waals surface area contributed by atoms with Crippen LogP contribution in [0.4, 0.5) is 0 Å². The molecule has 0 fully saturated rings. The number of para-hydroxylation sites is 1. The Morgan fingerprint density at radius 3 is 2.43 bits per heavy atom. The third-order valence-corrected chi connectivity index (χ3v) is 3.89. The standard InChI is InChI=1S/C20H20N2O/c1-15-7-6-8-17(13-15)11-12-19-14-16(2)21-20(23)22(19)18-9-4-3-5-10-18/h3-10,13-14H,11-12H2,1-2H3. The Morgan fingerprint density at radius 2 is 1.70 bits per heavy atom. The van der Waals surface area contributed by atoms with Crippen LogP contribution in [0.25, 0.3) is 5.69 Å². The number of aromatic nitrogens is 2. The first-order valence-electron chi connectivity index (χ1n) is 7.84. The number of rotatable bonds is 4. The molecule has 0 aliphatic heterocycles. The maximum absolute atomic E-state index is 12.4. The van der Waals surface area contributed by atoms with Crippen molar-refractivity contribution >= 4 is 0 Å². The molecule has 3 nitrogen and oxygen atoms in total. The molecule has 3 heteroatoms. The summed E-state index contributed by atoms with van der Waals surface area (Å²) in [7, 11) is 0.